The highest BCUT2D eigenvalue weighted by atomic mass is 19.1. The molecule has 1 fully saturated rings. The first-order valence-corrected chi connectivity index (χ1v) is 12.0. The lowest BCUT2D eigenvalue weighted by molar-refractivity contribution is 0.0539. The largest absolute Gasteiger partial charge is 0.448 e. The Kier molecular flexibility index (Phi) is 5.33. The van der Waals surface area contributed by atoms with Crippen LogP contribution < -0.4 is 0 Å². The number of pyridine rings is 1. The first-order chi connectivity index (χ1) is 17.1. The number of hydrogen-bond acceptors (Lipinski definition) is 4. The highest BCUT2D eigenvalue weighted by molar-refractivity contribution is 5.79. The normalized spacial score (nSPS) is 20.5. The molecule has 0 N–H and O–H groups in total. The molecule has 174 valence electrons. The summed E-state index contributed by atoms with van der Waals surface area (Å²) >= 11 is 0. The van der Waals surface area contributed by atoms with E-state index in [-0.39, 0.29) is 29.8 Å². The molecule has 3 aromatic rings. The average molecular weight is 466 g/mol. The van der Waals surface area contributed by atoms with Gasteiger partial charge >= 0.3 is 6.09 Å². The van der Waals surface area contributed by atoms with Gasteiger partial charge in [-0.1, -0.05) is 54.6 Å². The fourth-order valence-electron chi connectivity index (χ4n) is 5.89. The Labute approximate surface area is 203 Å². The second-order valence-corrected chi connectivity index (χ2v) is 9.43. The van der Waals surface area contributed by atoms with Crippen LogP contribution in [0.1, 0.15) is 54.0 Å². The molecule has 2 unspecified atom stereocenters. The molecule has 3 aliphatic rings. The molecule has 0 radical (unpaired) electrons. The monoisotopic (exact) mass is 465 g/mol. The topological polar surface area (TPSA) is 66.2 Å². The van der Waals surface area contributed by atoms with Crippen LogP contribution in [-0.4, -0.2) is 34.7 Å². The number of benzene rings is 2. The van der Waals surface area contributed by atoms with Crippen molar-refractivity contribution in [3.63, 3.8) is 0 Å². The zero-order valence-corrected chi connectivity index (χ0v) is 19.2. The summed E-state index contributed by atoms with van der Waals surface area (Å²) in [6.45, 7) is 0.296. The van der Waals surface area contributed by atoms with Gasteiger partial charge in [-0.3, -0.25) is 4.90 Å². The molecule has 2 bridgehead atoms. The van der Waals surface area contributed by atoms with Gasteiger partial charge in [0.05, 0.1) is 6.04 Å². The SMILES string of the molecule is N#Cc1ncc(C2=CC3CCCC(C2)N3C(=O)OCC2c3ccccc3-c3ccccc32)cc1F. The van der Waals surface area contributed by atoms with E-state index in [4.69, 9.17) is 10.00 Å². The van der Waals surface area contributed by atoms with Gasteiger partial charge in [0.15, 0.2) is 11.5 Å². The van der Waals surface area contributed by atoms with Crippen molar-refractivity contribution in [1.82, 2.24) is 9.88 Å². The summed E-state index contributed by atoms with van der Waals surface area (Å²) < 4.78 is 20.1. The Morgan fingerprint density at radius 1 is 1.11 bits per heavy atom. The number of nitrogens with zero attached hydrogens (tertiary/aromatic N) is 3. The van der Waals surface area contributed by atoms with Gasteiger partial charge < -0.3 is 4.74 Å². The molecule has 6 heteroatoms. The Hall–Kier alpha value is -3.98. The van der Waals surface area contributed by atoms with E-state index < -0.39 is 5.82 Å². The van der Waals surface area contributed by atoms with Crippen molar-refractivity contribution in [2.24, 2.45) is 0 Å². The lowest BCUT2D eigenvalue weighted by atomic mass is 9.83. The summed E-state index contributed by atoms with van der Waals surface area (Å²) in [6, 6.07) is 19.7. The fraction of sp³-hybridized carbons (Fsp3) is 0.276. The van der Waals surface area contributed by atoms with E-state index in [1.54, 1.807) is 12.3 Å². The second kappa shape index (κ2) is 8.66. The summed E-state index contributed by atoms with van der Waals surface area (Å²) in [6.07, 6.45) is 6.67. The molecule has 2 aliphatic heterocycles. The van der Waals surface area contributed by atoms with E-state index in [0.29, 0.717) is 18.6 Å². The number of halogens is 1. The van der Waals surface area contributed by atoms with Crippen molar-refractivity contribution in [1.29, 1.82) is 5.26 Å². The molecule has 2 aromatic carbocycles. The highest BCUT2D eigenvalue weighted by Crippen LogP contribution is 2.45. The second-order valence-electron chi connectivity index (χ2n) is 9.43. The van der Waals surface area contributed by atoms with Gasteiger partial charge in [0, 0.05) is 18.2 Å². The average Bonchev–Trinajstić information content (AvgIpc) is 3.20. The van der Waals surface area contributed by atoms with E-state index in [2.05, 4.69) is 29.2 Å². The van der Waals surface area contributed by atoms with Gasteiger partial charge in [-0.25, -0.2) is 14.2 Å². The molecule has 1 amide bonds. The van der Waals surface area contributed by atoms with Crippen LogP contribution in [0.25, 0.3) is 16.7 Å². The minimum atomic E-state index is -0.616. The van der Waals surface area contributed by atoms with Crippen LogP contribution in [-0.2, 0) is 4.74 Å². The van der Waals surface area contributed by atoms with Crippen LogP contribution in [0.3, 0.4) is 0 Å². The Morgan fingerprint density at radius 2 is 1.83 bits per heavy atom. The summed E-state index contributed by atoms with van der Waals surface area (Å²) in [4.78, 5) is 19.2. The zero-order valence-electron chi connectivity index (χ0n) is 19.2. The van der Waals surface area contributed by atoms with Crippen molar-refractivity contribution >= 4 is 11.7 Å². The number of fused-ring (bicyclic) bond motifs is 5. The van der Waals surface area contributed by atoms with Gasteiger partial charge in [0.1, 0.15) is 12.7 Å². The predicted molar refractivity (Wildman–Crippen MR) is 130 cm³/mol. The van der Waals surface area contributed by atoms with Gasteiger partial charge in [-0.2, -0.15) is 5.26 Å². The van der Waals surface area contributed by atoms with E-state index in [1.807, 2.05) is 35.2 Å². The number of carbonyl (C=O) groups is 1. The standard InChI is InChI=1S/C29H24FN3O2/c30-27-14-19(16-32-28(27)15-31)18-12-20-6-5-7-21(13-18)33(20)29(34)35-17-26-24-10-3-1-8-22(24)23-9-2-4-11-25(23)26/h1-4,8-12,14,16,20-21,26H,5-7,13,17H2. The van der Waals surface area contributed by atoms with Gasteiger partial charge in [0.2, 0.25) is 0 Å². The Balaban J connectivity index is 1.22. The van der Waals surface area contributed by atoms with E-state index in [0.717, 1.165) is 24.8 Å². The van der Waals surface area contributed by atoms with Gasteiger partial charge in [-0.05, 0) is 65.1 Å². The summed E-state index contributed by atoms with van der Waals surface area (Å²) in [5.41, 5.74) is 6.23. The third kappa shape index (κ3) is 3.68. The molecule has 2 atom stereocenters. The molecule has 1 aromatic heterocycles. The number of carbonyl (C=O) groups excluding carboxylic acids is 1. The van der Waals surface area contributed by atoms with Crippen LogP contribution >= 0.6 is 0 Å². The summed E-state index contributed by atoms with van der Waals surface area (Å²) in [7, 11) is 0. The van der Waals surface area contributed by atoms with E-state index in [9.17, 15) is 9.18 Å². The number of amides is 1. The quantitative estimate of drug-likeness (QED) is 0.472. The molecule has 0 saturated carbocycles. The highest BCUT2D eigenvalue weighted by Gasteiger charge is 2.39. The number of rotatable bonds is 3. The molecule has 1 saturated heterocycles. The molecule has 6 rings (SSSR count). The summed E-state index contributed by atoms with van der Waals surface area (Å²) in [5, 5.41) is 8.96. The van der Waals surface area contributed by atoms with Crippen molar-refractivity contribution < 1.29 is 13.9 Å². The number of nitriles is 1. The first-order valence-electron chi connectivity index (χ1n) is 12.0. The molecule has 3 heterocycles. The van der Waals surface area contributed by atoms with Crippen LogP contribution in [0.5, 0.6) is 0 Å². The molecule has 5 nitrogen and oxygen atoms in total. The molecular weight excluding hydrogens is 441 g/mol. The summed E-state index contributed by atoms with van der Waals surface area (Å²) in [5.74, 6) is -0.593. The fourth-order valence-corrected chi connectivity index (χ4v) is 5.89. The number of aromatic nitrogens is 1. The predicted octanol–water partition coefficient (Wildman–Crippen LogP) is 6.05. The van der Waals surface area contributed by atoms with Gasteiger partial charge in [0.25, 0.3) is 0 Å². The zero-order chi connectivity index (χ0) is 23.9. The molecular formula is C29H24FN3O2. The van der Waals surface area contributed by atoms with Crippen molar-refractivity contribution in [2.75, 3.05) is 6.61 Å². The van der Waals surface area contributed by atoms with Gasteiger partial charge in [-0.15, -0.1) is 0 Å². The Bertz CT molecular complexity index is 1350. The van der Waals surface area contributed by atoms with Crippen LogP contribution in [0, 0.1) is 17.1 Å². The minimum Gasteiger partial charge on any atom is -0.448 e. The number of ether oxygens (including phenoxy) is 1. The van der Waals surface area contributed by atoms with Crippen molar-refractivity contribution in [2.45, 2.75) is 43.7 Å². The van der Waals surface area contributed by atoms with E-state index in [1.165, 1.54) is 28.3 Å². The van der Waals surface area contributed by atoms with Crippen LogP contribution in [0.4, 0.5) is 9.18 Å². The number of hydrogen-bond donors (Lipinski definition) is 0. The van der Waals surface area contributed by atoms with Crippen LogP contribution in [0.2, 0.25) is 0 Å². The number of piperidine rings is 1. The Morgan fingerprint density at radius 3 is 2.49 bits per heavy atom. The van der Waals surface area contributed by atoms with Crippen molar-refractivity contribution in [3.05, 3.63) is 95.1 Å². The third-order valence-electron chi connectivity index (χ3n) is 7.50. The first kappa shape index (κ1) is 21.5. The smallest absolute Gasteiger partial charge is 0.410 e. The van der Waals surface area contributed by atoms with Crippen molar-refractivity contribution in [3.8, 4) is 17.2 Å². The maximum atomic E-state index is 14.2. The maximum Gasteiger partial charge on any atom is 0.410 e. The maximum absolute atomic E-state index is 14.2. The molecule has 1 aliphatic carbocycles. The van der Waals surface area contributed by atoms with Crippen LogP contribution in [0.15, 0.2) is 66.9 Å². The van der Waals surface area contributed by atoms with E-state index >= 15 is 0 Å². The molecule has 0 spiro atoms. The lowest BCUT2D eigenvalue weighted by Crippen LogP contribution is -2.51. The third-order valence-corrected chi connectivity index (χ3v) is 7.50. The lowest BCUT2D eigenvalue weighted by Gasteiger charge is -2.44. The molecule has 35 heavy (non-hydrogen) atoms. The minimum absolute atomic E-state index is 0.00288.